The van der Waals surface area contributed by atoms with Gasteiger partial charge in [0.25, 0.3) is 0 Å². The van der Waals surface area contributed by atoms with E-state index in [9.17, 15) is 17.9 Å². The van der Waals surface area contributed by atoms with Gasteiger partial charge < -0.3 is 9.84 Å². The normalized spacial score (nSPS) is 11.2. The number of hydrogen-bond acceptors (Lipinski definition) is 5. The van der Waals surface area contributed by atoms with Crippen molar-refractivity contribution in [1.82, 2.24) is 4.98 Å². The van der Waals surface area contributed by atoms with Gasteiger partial charge in [-0.05, 0) is 72.6 Å². The van der Waals surface area contributed by atoms with E-state index in [0.717, 1.165) is 17.4 Å². The molecule has 3 rings (SSSR count). The molecule has 2 N–H and O–H groups in total. The number of hydrogen-bond donors (Lipinski definition) is 2. The van der Waals surface area contributed by atoms with Crippen molar-refractivity contribution in [1.29, 1.82) is 0 Å². The Kier molecular flexibility index (Phi) is 5.91. The highest BCUT2D eigenvalue weighted by Crippen LogP contribution is 2.27. The predicted octanol–water partition coefficient (Wildman–Crippen LogP) is 3.59. The number of nitrogens with one attached hydrogen (secondary N) is 1. The monoisotopic (exact) mass is 402 g/mol. The van der Waals surface area contributed by atoms with Crippen molar-refractivity contribution < 1.29 is 22.7 Å². The number of pyridine rings is 1. The lowest BCUT2D eigenvalue weighted by molar-refractivity contribution is 0.299. The van der Waals surface area contributed by atoms with Crippen LogP contribution in [-0.4, -0.2) is 31.4 Å². The summed E-state index contributed by atoms with van der Waals surface area (Å²) >= 11 is 0. The predicted molar refractivity (Wildman–Crippen MR) is 105 cm³/mol. The zero-order chi connectivity index (χ0) is 20.1. The van der Waals surface area contributed by atoms with Crippen molar-refractivity contribution in [2.24, 2.45) is 0 Å². The van der Waals surface area contributed by atoms with Gasteiger partial charge in [0.2, 0.25) is 10.0 Å². The SMILES string of the molecule is CS(=O)(=O)Nc1cc(CCO)cc(-c2ccc(Oc3ccc(F)cc3)cc2)n1. The zero-order valence-corrected chi connectivity index (χ0v) is 15.9. The minimum absolute atomic E-state index is 0.0633. The van der Waals surface area contributed by atoms with Gasteiger partial charge >= 0.3 is 0 Å². The molecule has 146 valence electrons. The standard InChI is InChI=1S/C20H19FN2O4S/c1-28(25,26)23-20-13-14(10-11-24)12-19(22-20)15-2-6-17(7-3-15)27-18-8-4-16(21)5-9-18/h2-9,12-13,24H,10-11H2,1H3,(H,22,23). The van der Waals surface area contributed by atoms with Gasteiger partial charge in [0.15, 0.2) is 0 Å². The molecule has 0 amide bonds. The third kappa shape index (κ3) is 5.51. The molecule has 8 heteroatoms. The van der Waals surface area contributed by atoms with Crippen molar-refractivity contribution in [3.63, 3.8) is 0 Å². The van der Waals surface area contributed by atoms with Crippen LogP contribution >= 0.6 is 0 Å². The van der Waals surface area contributed by atoms with Gasteiger partial charge in [0.05, 0.1) is 11.9 Å². The number of ether oxygens (including phenoxy) is 1. The lowest BCUT2D eigenvalue weighted by Gasteiger charge is -2.10. The molecule has 0 aliphatic rings. The first-order valence-electron chi connectivity index (χ1n) is 8.46. The Morgan fingerprint density at radius 2 is 1.64 bits per heavy atom. The van der Waals surface area contributed by atoms with Gasteiger partial charge in [-0.25, -0.2) is 17.8 Å². The van der Waals surface area contributed by atoms with Gasteiger partial charge in [0, 0.05) is 12.2 Å². The number of nitrogens with zero attached hydrogens (tertiary/aromatic N) is 1. The van der Waals surface area contributed by atoms with E-state index in [1.165, 1.54) is 24.3 Å². The van der Waals surface area contributed by atoms with E-state index in [2.05, 4.69) is 9.71 Å². The molecule has 0 aliphatic carbocycles. The smallest absolute Gasteiger partial charge is 0.230 e. The molecule has 28 heavy (non-hydrogen) atoms. The van der Waals surface area contributed by atoms with E-state index in [-0.39, 0.29) is 18.2 Å². The molecule has 0 bridgehead atoms. The van der Waals surface area contributed by atoms with Crippen LogP contribution in [-0.2, 0) is 16.4 Å². The summed E-state index contributed by atoms with van der Waals surface area (Å²) < 4.78 is 44.0. The summed E-state index contributed by atoms with van der Waals surface area (Å²) in [6.07, 6.45) is 1.42. The molecule has 0 atom stereocenters. The summed E-state index contributed by atoms with van der Waals surface area (Å²) in [5.41, 5.74) is 2.07. The number of anilines is 1. The van der Waals surface area contributed by atoms with Crippen molar-refractivity contribution in [2.75, 3.05) is 17.6 Å². The fourth-order valence-corrected chi connectivity index (χ4v) is 3.07. The van der Waals surface area contributed by atoms with Crippen LogP contribution in [0.4, 0.5) is 10.2 Å². The van der Waals surface area contributed by atoms with E-state index in [1.807, 2.05) is 0 Å². The summed E-state index contributed by atoms with van der Waals surface area (Å²) in [4.78, 5) is 4.34. The maximum absolute atomic E-state index is 13.0. The molecular formula is C20H19FN2O4S. The van der Waals surface area contributed by atoms with Crippen molar-refractivity contribution in [3.05, 3.63) is 72.0 Å². The number of rotatable bonds is 7. The molecular weight excluding hydrogens is 383 g/mol. The fourth-order valence-electron chi connectivity index (χ4n) is 2.58. The fraction of sp³-hybridized carbons (Fsp3) is 0.150. The van der Waals surface area contributed by atoms with E-state index in [0.29, 0.717) is 23.6 Å². The van der Waals surface area contributed by atoms with Crippen LogP contribution in [0, 0.1) is 5.82 Å². The second kappa shape index (κ2) is 8.37. The zero-order valence-electron chi connectivity index (χ0n) is 15.1. The van der Waals surface area contributed by atoms with Crippen LogP contribution in [0.25, 0.3) is 11.3 Å². The second-order valence-corrected chi connectivity index (χ2v) is 7.92. The Morgan fingerprint density at radius 1 is 1.04 bits per heavy atom. The Morgan fingerprint density at radius 3 is 2.21 bits per heavy atom. The van der Waals surface area contributed by atoms with Crippen molar-refractivity contribution in [2.45, 2.75) is 6.42 Å². The lowest BCUT2D eigenvalue weighted by Crippen LogP contribution is -2.11. The number of aliphatic hydroxyl groups excluding tert-OH is 1. The summed E-state index contributed by atoms with van der Waals surface area (Å²) in [6, 6.07) is 16.1. The average Bonchev–Trinajstić information content (AvgIpc) is 2.63. The molecule has 1 aromatic heterocycles. The van der Waals surface area contributed by atoms with Gasteiger partial charge in [-0.3, -0.25) is 4.72 Å². The molecule has 0 unspecified atom stereocenters. The third-order valence-electron chi connectivity index (χ3n) is 3.77. The largest absolute Gasteiger partial charge is 0.457 e. The molecule has 0 aliphatic heterocycles. The van der Waals surface area contributed by atoms with Gasteiger partial charge in [-0.15, -0.1) is 0 Å². The number of aliphatic hydroxyl groups is 1. The Labute approximate surface area is 162 Å². The molecule has 2 aromatic carbocycles. The molecule has 0 spiro atoms. The maximum atomic E-state index is 13.0. The molecule has 1 heterocycles. The topological polar surface area (TPSA) is 88.5 Å². The van der Waals surface area contributed by atoms with Crippen LogP contribution in [0.3, 0.4) is 0 Å². The maximum Gasteiger partial charge on any atom is 0.230 e. The van der Waals surface area contributed by atoms with Crippen LogP contribution in [0.1, 0.15) is 5.56 Å². The summed E-state index contributed by atoms with van der Waals surface area (Å²) in [5.74, 6) is 0.929. The molecule has 0 saturated carbocycles. The van der Waals surface area contributed by atoms with Crippen molar-refractivity contribution in [3.8, 4) is 22.8 Å². The Hall–Kier alpha value is -2.97. The van der Waals surface area contributed by atoms with E-state index in [1.54, 1.807) is 36.4 Å². The van der Waals surface area contributed by atoms with Crippen LogP contribution < -0.4 is 9.46 Å². The summed E-state index contributed by atoms with van der Waals surface area (Å²) in [6.45, 7) is -0.0633. The molecule has 6 nitrogen and oxygen atoms in total. The number of sulfonamides is 1. The molecule has 0 fully saturated rings. The summed E-state index contributed by atoms with van der Waals surface area (Å²) in [5, 5.41) is 9.20. The summed E-state index contributed by atoms with van der Waals surface area (Å²) in [7, 11) is -3.47. The van der Waals surface area contributed by atoms with Gasteiger partial charge in [0.1, 0.15) is 23.1 Å². The molecule has 3 aromatic rings. The average molecular weight is 402 g/mol. The van der Waals surface area contributed by atoms with Crippen LogP contribution in [0.5, 0.6) is 11.5 Å². The van der Waals surface area contributed by atoms with E-state index in [4.69, 9.17) is 4.74 Å². The number of aromatic nitrogens is 1. The minimum atomic E-state index is -3.47. The Bertz CT molecular complexity index is 1050. The molecule has 0 saturated heterocycles. The number of benzene rings is 2. The molecule has 0 radical (unpaired) electrons. The van der Waals surface area contributed by atoms with Crippen LogP contribution in [0.2, 0.25) is 0 Å². The minimum Gasteiger partial charge on any atom is -0.457 e. The highest BCUT2D eigenvalue weighted by molar-refractivity contribution is 7.92. The first-order chi connectivity index (χ1) is 13.3. The van der Waals surface area contributed by atoms with Crippen LogP contribution in [0.15, 0.2) is 60.7 Å². The van der Waals surface area contributed by atoms with E-state index >= 15 is 0 Å². The highest BCUT2D eigenvalue weighted by Gasteiger charge is 2.09. The van der Waals surface area contributed by atoms with Crippen molar-refractivity contribution >= 4 is 15.8 Å². The van der Waals surface area contributed by atoms with Gasteiger partial charge in [-0.2, -0.15) is 0 Å². The lowest BCUT2D eigenvalue weighted by atomic mass is 10.1. The Balaban J connectivity index is 1.86. The second-order valence-electron chi connectivity index (χ2n) is 6.17. The van der Waals surface area contributed by atoms with E-state index < -0.39 is 10.0 Å². The van der Waals surface area contributed by atoms with Gasteiger partial charge in [-0.1, -0.05) is 0 Å². The highest BCUT2D eigenvalue weighted by atomic mass is 32.2. The first-order valence-corrected chi connectivity index (χ1v) is 10.3. The quantitative estimate of drug-likeness (QED) is 0.631. The number of halogens is 1. The first kappa shape index (κ1) is 19.8. The third-order valence-corrected chi connectivity index (χ3v) is 4.35.